The van der Waals surface area contributed by atoms with Crippen LogP contribution in [0.25, 0.3) is 11.3 Å². The van der Waals surface area contributed by atoms with Gasteiger partial charge < -0.3 is 15.6 Å². The molecule has 0 unspecified atom stereocenters. The lowest BCUT2D eigenvalue weighted by Crippen LogP contribution is -2.48. The molecule has 0 fully saturated rings. The highest BCUT2D eigenvalue weighted by atomic mass is 32.2. The number of halogens is 2. The van der Waals surface area contributed by atoms with Crippen molar-refractivity contribution < 1.29 is 31.7 Å². The third-order valence-corrected chi connectivity index (χ3v) is 5.73. The summed E-state index contributed by atoms with van der Waals surface area (Å²) in [5.74, 6) is 2.39. The SMILES string of the molecule is COc1ncc(-c2ccc(N)[n+](C(=N)C#CC(C)(C)O)n2)cc1NS(=O)(=O)c1ccc(F)cc1F. The second-order valence-corrected chi connectivity index (χ2v) is 9.32. The molecule has 2 heterocycles. The number of pyridine rings is 1. The number of benzene rings is 1. The number of aromatic nitrogens is 3. The number of nitrogen functional groups attached to an aromatic ring is 1. The number of ether oxygens (including phenoxy) is 1. The summed E-state index contributed by atoms with van der Waals surface area (Å²) >= 11 is 0. The van der Waals surface area contributed by atoms with Gasteiger partial charge >= 0.3 is 5.84 Å². The standard InChI is InChI=1S/C22H20F2N6O4S/c1-22(2,31)9-8-20(26)30-19(25)7-5-16(28-30)13-10-17(21(34-3)27-12-13)29-35(32,33)18-6-4-14(23)11-15(18)24/h4-7,10-12,25-26,29,31H,1-3H3/p+1. The molecule has 0 aliphatic heterocycles. The van der Waals surface area contributed by atoms with Crippen molar-refractivity contribution in [1.29, 1.82) is 5.41 Å². The highest BCUT2D eigenvalue weighted by Gasteiger charge is 2.23. The normalized spacial score (nSPS) is 11.4. The van der Waals surface area contributed by atoms with Crippen LogP contribution in [-0.4, -0.2) is 42.2 Å². The molecule has 0 radical (unpaired) electrons. The van der Waals surface area contributed by atoms with E-state index in [0.717, 1.165) is 16.8 Å². The summed E-state index contributed by atoms with van der Waals surface area (Å²) in [5, 5.41) is 22.1. The van der Waals surface area contributed by atoms with Crippen LogP contribution in [0, 0.1) is 28.9 Å². The average molecular weight is 504 g/mol. The first kappa shape index (κ1) is 25.5. The van der Waals surface area contributed by atoms with Crippen molar-refractivity contribution in [3.8, 4) is 29.0 Å². The molecule has 182 valence electrons. The van der Waals surface area contributed by atoms with E-state index in [0.29, 0.717) is 11.6 Å². The van der Waals surface area contributed by atoms with Crippen molar-refractivity contribution in [3.63, 3.8) is 0 Å². The van der Waals surface area contributed by atoms with E-state index in [4.69, 9.17) is 15.9 Å². The topological polar surface area (TPSA) is 155 Å². The summed E-state index contributed by atoms with van der Waals surface area (Å²) in [6.07, 6.45) is 1.34. The molecule has 3 aromatic rings. The van der Waals surface area contributed by atoms with Gasteiger partial charge in [-0.05, 0) is 38.1 Å². The van der Waals surface area contributed by atoms with Gasteiger partial charge in [0.1, 0.15) is 33.5 Å². The molecule has 5 N–H and O–H groups in total. The monoisotopic (exact) mass is 503 g/mol. The van der Waals surface area contributed by atoms with Crippen molar-refractivity contribution >= 4 is 27.4 Å². The van der Waals surface area contributed by atoms with Crippen LogP contribution in [0.1, 0.15) is 13.8 Å². The maximum atomic E-state index is 14.1. The highest BCUT2D eigenvalue weighted by molar-refractivity contribution is 7.92. The predicted octanol–water partition coefficient (Wildman–Crippen LogP) is 1.70. The fourth-order valence-electron chi connectivity index (χ4n) is 2.75. The van der Waals surface area contributed by atoms with Crippen LogP contribution in [-0.2, 0) is 10.0 Å². The van der Waals surface area contributed by atoms with Crippen molar-refractivity contribution in [2.75, 3.05) is 17.6 Å². The first-order valence-corrected chi connectivity index (χ1v) is 11.3. The van der Waals surface area contributed by atoms with E-state index in [-0.39, 0.29) is 28.9 Å². The van der Waals surface area contributed by atoms with Gasteiger partial charge in [0.2, 0.25) is 11.7 Å². The van der Waals surface area contributed by atoms with Gasteiger partial charge in [0.15, 0.2) is 0 Å². The van der Waals surface area contributed by atoms with Crippen LogP contribution in [0.5, 0.6) is 5.88 Å². The molecule has 0 spiro atoms. The van der Waals surface area contributed by atoms with Crippen molar-refractivity contribution in [3.05, 3.63) is 54.2 Å². The van der Waals surface area contributed by atoms with E-state index < -0.39 is 32.2 Å². The maximum Gasteiger partial charge on any atom is 0.332 e. The lowest BCUT2D eigenvalue weighted by Gasteiger charge is -2.13. The fraction of sp³-hybridized carbons (Fsp3) is 0.182. The molecule has 13 heteroatoms. The van der Waals surface area contributed by atoms with Crippen LogP contribution in [0.3, 0.4) is 0 Å². The Morgan fingerprint density at radius 3 is 2.60 bits per heavy atom. The van der Waals surface area contributed by atoms with Crippen LogP contribution < -0.4 is 19.9 Å². The average Bonchev–Trinajstić information content (AvgIpc) is 2.76. The first-order chi connectivity index (χ1) is 16.3. The van der Waals surface area contributed by atoms with Crippen molar-refractivity contribution in [2.24, 2.45) is 0 Å². The Labute approximate surface area is 200 Å². The van der Waals surface area contributed by atoms with Crippen molar-refractivity contribution in [2.45, 2.75) is 24.3 Å². The number of sulfonamides is 1. The summed E-state index contributed by atoms with van der Waals surface area (Å²) in [6.45, 7) is 2.91. The second-order valence-electron chi connectivity index (χ2n) is 7.67. The minimum atomic E-state index is -4.48. The lowest BCUT2D eigenvalue weighted by molar-refractivity contribution is -0.604. The zero-order chi connectivity index (χ0) is 26.0. The number of nitrogens with one attached hydrogen (secondary N) is 2. The Balaban J connectivity index is 2.03. The van der Waals surface area contributed by atoms with E-state index >= 15 is 0 Å². The summed E-state index contributed by atoms with van der Waals surface area (Å²) in [5.41, 5.74) is 4.94. The third kappa shape index (κ3) is 6.05. The molecule has 0 aliphatic carbocycles. The number of nitrogens with zero attached hydrogens (tertiary/aromatic N) is 3. The second kappa shape index (κ2) is 9.61. The first-order valence-electron chi connectivity index (χ1n) is 9.86. The summed E-state index contributed by atoms with van der Waals surface area (Å²) in [7, 11) is -3.22. The lowest BCUT2D eigenvalue weighted by atomic mass is 10.1. The zero-order valence-electron chi connectivity index (χ0n) is 18.8. The molecule has 0 atom stereocenters. The quantitative estimate of drug-likeness (QED) is 0.179. The van der Waals surface area contributed by atoms with E-state index in [1.807, 2.05) is 0 Å². The number of nitrogens with two attached hydrogens (primary N) is 1. The smallest absolute Gasteiger partial charge is 0.332 e. The van der Waals surface area contributed by atoms with Gasteiger partial charge in [-0.25, -0.2) is 22.2 Å². The molecule has 10 nitrogen and oxygen atoms in total. The highest BCUT2D eigenvalue weighted by Crippen LogP contribution is 2.29. The van der Waals surface area contributed by atoms with Gasteiger partial charge in [0.25, 0.3) is 10.0 Å². The van der Waals surface area contributed by atoms with Gasteiger partial charge in [-0.15, -0.1) is 10.5 Å². The van der Waals surface area contributed by atoms with Crippen LogP contribution in [0.4, 0.5) is 20.3 Å². The van der Waals surface area contributed by atoms with Gasteiger partial charge in [0.05, 0.1) is 7.11 Å². The van der Waals surface area contributed by atoms with E-state index in [1.165, 1.54) is 45.4 Å². The van der Waals surface area contributed by atoms with Gasteiger partial charge in [-0.2, -0.15) is 0 Å². The third-order valence-electron chi connectivity index (χ3n) is 4.33. The summed E-state index contributed by atoms with van der Waals surface area (Å²) in [6, 6.07) is 6.35. The molecule has 0 bridgehead atoms. The molecule has 1 aromatic carbocycles. The number of anilines is 2. The Bertz CT molecular complexity index is 1480. The minimum absolute atomic E-state index is 0.0815. The van der Waals surface area contributed by atoms with Crippen LogP contribution in [0.15, 0.2) is 47.5 Å². The molecule has 2 aromatic heterocycles. The number of hydrogen-bond acceptors (Lipinski definition) is 8. The predicted molar refractivity (Wildman–Crippen MR) is 123 cm³/mol. The molecule has 0 amide bonds. The van der Waals surface area contributed by atoms with E-state index in [1.54, 1.807) is 0 Å². The maximum absolute atomic E-state index is 14.1. The van der Waals surface area contributed by atoms with Gasteiger partial charge in [0, 0.05) is 29.8 Å². The van der Waals surface area contributed by atoms with Gasteiger partial charge in [-0.1, -0.05) is 10.6 Å². The molecule has 3 rings (SSSR count). The molecule has 35 heavy (non-hydrogen) atoms. The van der Waals surface area contributed by atoms with Crippen LogP contribution >= 0.6 is 0 Å². The molecule has 0 aliphatic rings. The molecule has 0 saturated carbocycles. The largest absolute Gasteiger partial charge is 0.480 e. The Hall–Kier alpha value is -4.15. The van der Waals surface area contributed by atoms with Gasteiger partial charge in [-0.3, -0.25) is 4.72 Å². The Morgan fingerprint density at radius 1 is 1.26 bits per heavy atom. The molecular formula is C22H21F2N6O4S+. The fourth-order valence-corrected chi connectivity index (χ4v) is 3.86. The molecular weight excluding hydrogens is 482 g/mol. The minimum Gasteiger partial charge on any atom is -0.480 e. The Morgan fingerprint density at radius 2 is 1.97 bits per heavy atom. The summed E-state index contributed by atoms with van der Waals surface area (Å²) < 4.78 is 61.1. The van der Waals surface area contributed by atoms with E-state index in [2.05, 4.69) is 26.6 Å². The van der Waals surface area contributed by atoms with E-state index in [9.17, 15) is 22.3 Å². The Kier molecular flexibility index (Phi) is 6.99. The van der Waals surface area contributed by atoms with Crippen molar-refractivity contribution in [1.82, 2.24) is 10.1 Å². The molecule has 0 saturated heterocycles. The zero-order valence-corrected chi connectivity index (χ0v) is 19.6. The number of hydrogen-bond donors (Lipinski definition) is 4. The number of methoxy groups -OCH3 is 1. The number of aliphatic hydroxyl groups is 1. The van der Waals surface area contributed by atoms with Crippen LogP contribution in [0.2, 0.25) is 0 Å². The number of rotatable bonds is 5. The summed E-state index contributed by atoms with van der Waals surface area (Å²) in [4.78, 5) is 3.29.